The Kier molecular flexibility index (Phi) is 5.18. The van der Waals surface area contributed by atoms with Crippen LogP contribution >= 0.6 is 0 Å². The van der Waals surface area contributed by atoms with Gasteiger partial charge < -0.3 is 4.90 Å². The van der Waals surface area contributed by atoms with Gasteiger partial charge in [-0.2, -0.15) is 0 Å². The van der Waals surface area contributed by atoms with Crippen molar-refractivity contribution in [3.05, 3.63) is 35.4 Å². The van der Waals surface area contributed by atoms with Gasteiger partial charge in [0.25, 0.3) is 5.91 Å². The van der Waals surface area contributed by atoms with Crippen LogP contribution in [0.15, 0.2) is 24.3 Å². The van der Waals surface area contributed by atoms with E-state index in [2.05, 4.69) is 32.2 Å². The molecule has 1 aliphatic rings. The van der Waals surface area contributed by atoms with Crippen molar-refractivity contribution in [1.82, 2.24) is 10.2 Å². The number of amides is 1. The summed E-state index contributed by atoms with van der Waals surface area (Å²) < 4.78 is 0. The molecule has 0 unspecified atom stereocenters. The molecular weight excluding hydrogens is 248 g/mol. The molecule has 0 fully saturated rings. The predicted molar refractivity (Wildman–Crippen MR) is 82.6 cm³/mol. The topological polar surface area (TPSA) is 32.3 Å². The van der Waals surface area contributed by atoms with Crippen molar-refractivity contribution in [2.75, 3.05) is 13.1 Å². The van der Waals surface area contributed by atoms with Crippen molar-refractivity contribution in [3.63, 3.8) is 0 Å². The van der Waals surface area contributed by atoms with Gasteiger partial charge in [-0.05, 0) is 31.4 Å². The van der Waals surface area contributed by atoms with Crippen molar-refractivity contribution in [2.24, 2.45) is 5.92 Å². The molecule has 0 aliphatic carbocycles. The number of benzene rings is 1. The third-order valence-corrected chi connectivity index (χ3v) is 3.87. The average Bonchev–Trinajstić information content (AvgIpc) is 2.70. The van der Waals surface area contributed by atoms with Gasteiger partial charge in [-0.3, -0.25) is 10.1 Å². The molecule has 3 nitrogen and oxygen atoms in total. The molecule has 20 heavy (non-hydrogen) atoms. The van der Waals surface area contributed by atoms with E-state index in [0.717, 1.165) is 37.1 Å². The second-order valence-electron chi connectivity index (χ2n) is 5.98. The van der Waals surface area contributed by atoms with Crippen LogP contribution in [0.4, 0.5) is 0 Å². The fourth-order valence-electron chi connectivity index (χ4n) is 2.63. The Bertz CT molecular complexity index is 456. The van der Waals surface area contributed by atoms with Crippen LogP contribution in [0.25, 0.3) is 0 Å². The molecule has 1 N–H and O–H groups in total. The first kappa shape index (κ1) is 15.0. The van der Waals surface area contributed by atoms with Gasteiger partial charge in [0.2, 0.25) is 0 Å². The molecule has 110 valence electrons. The first-order valence-electron chi connectivity index (χ1n) is 7.78. The number of rotatable bonds is 7. The fourth-order valence-corrected chi connectivity index (χ4v) is 2.63. The number of fused-ring (bicyclic) bond motifs is 1. The van der Waals surface area contributed by atoms with E-state index in [-0.39, 0.29) is 12.1 Å². The lowest BCUT2D eigenvalue weighted by molar-refractivity contribution is 0.0685. The van der Waals surface area contributed by atoms with Crippen LogP contribution in [0.3, 0.4) is 0 Å². The lowest BCUT2D eigenvalue weighted by atomic mass is 10.1. The molecule has 3 heteroatoms. The van der Waals surface area contributed by atoms with Gasteiger partial charge in [0.15, 0.2) is 0 Å². The van der Waals surface area contributed by atoms with E-state index in [1.807, 2.05) is 23.1 Å². The summed E-state index contributed by atoms with van der Waals surface area (Å²) in [4.78, 5) is 14.5. The highest BCUT2D eigenvalue weighted by atomic mass is 16.2. The number of hydrogen-bond donors (Lipinski definition) is 1. The Morgan fingerprint density at radius 3 is 2.75 bits per heavy atom. The largest absolute Gasteiger partial charge is 0.319 e. The maximum atomic E-state index is 12.5. The van der Waals surface area contributed by atoms with Crippen LogP contribution in [0.2, 0.25) is 0 Å². The summed E-state index contributed by atoms with van der Waals surface area (Å²) in [7, 11) is 0. The maximum Gasteiger partial charge on any atom is 0.255 e. The standard InChI is InChI=1S/C17H26N2O/c1-4-5-11-18-16-14-8-6-7-9-15(14)17(20)19(16)12-10-13(2)3/h6-9,13,16,18H,4-5,10-12H2,1-3H3/t16-/m0/s1. The molecule has 1 aromatic rings. The first-order valence-corrected chi connectivity index (χ1v) is 7.78. The van der Waals surface area contributed by atoms with Gasteiger partial charge in [0.05, 0.1) is 0 Å². The SMILES string of the molecule is CCCCN[C@@H]1c2ccccc2C(=O)N1CCC(C)C. The highest BCUT2D eigenvalue weighted by Gasteiger charge is 2.35. The number of nitrogens with one attached hydrogen (secondary N) is 1. The summed E-state index contributed by atoms with van der Waals surface area (Å²) in [6.45, 7) is 8.38. The normalized spacial score (nSPS) is 17.9. The minimum atomic E-state index is 0.0593. The van der Waals surface area contributed by atoms with Gasteiger partial charge >= 0.3 is 0 Å². The molecule has 0 saturated heterocycles. The van der Waals surface area contributed by atoms with Crippen molar-refractivity contribution in [3.8, 4) is 0 Å². The van der Waals surface area contributed by atoms with Crippen LogP contribution in [-0.2, 0) is 0 Å². The predicted octanol–water partition coefficient (Wildman–Crippen LogP) is 3.58. The molecule has 0 saturated carbocycles. The van der Waals surface area contributed by atoms with Gasteiger partial charge in [0, 0.05) is 17.7 Å². The Morgan fingerprint density at radius 2 is 2.05 bits per heavy atom. The Balaban J connectivity index is 2.14. The van der Waals surface area contributed by atoms with Crippen LogP contribution < -0.4 is 5.32 Å². The number of hydrogen-bond acceptors (Lipinski definition) is 2. The third-order valence-electron chi connectivity index (χ3n) is 3.87. The maximum absolute atomic E-state index is 12.5. The highest BCUT2D eigenvalue weighted by Crippen LogP contribution is 2.31. The van der Waals surface area contributed by atoms with Gasteiger partial charge in [0.1, 0.15) is 6.17 Å². The first-order chi connectivity index (χ1) is 9.65. The van der Waals surface area contributed by atoms with E-state index < -0.39 is 0 Å². The number of carbonyl (C=O) groups excluding carboxylic acids is 1. The molecule has 1 aliphatic heterocycles. The zero-order valence-corrected chi connectivity index (χ0v) is 12.9. The molecule has 1 amide bonds. The second-order valence-corrected chi connectivity index (χ2v) is 5.98. The van der Waals surface area contributed by atoms with Gasteiger partial charge in [-0.15, -0.1) is 0 Å². The molecule has 1 aromatic carbocycles. The fraction of sp³-hybridized carbons (Fsp3) is 0.588. The lowest BCUT2D eigenvalue weighted by Gasteiger charge is -2.27. The van der Waals surface area contributed by atoms with E-state index in [1.54, 1.807) is 0 Å². The molecular formula is C17H26N2O. The van der Waals surface area contributed by atoms with E-state index >= 15 is 0 Å². The summed E-state index contributed by atoms with van der Waals surface area (Å²) in [5.41, 5.74) is 2.00. The molecule has 1 atom stereocenters. The zero-order valence-electron chi connectivity index (χ0n) is 12.9. The van der Waals surface area contributed by atoms with E-state index in [0.29, 0.717) is 5.92 Å². The molecule has 0 radical (unpaired) electrons. The number of unbranched alkanes of at least 4 members (excludes halogenated alkanes) is 1. The van der Waals surface area contributed by atoms with E-state index in [4.69, 9.17) is 0 Å². The molecule has 2 rings (SSSR count). The van der Waals surface area contributed by atoms with Gasteiger partial charge in [-0.1, -0.05) is 45.4 Å². The Morgan fingerprint density at radius 1 is 1.30 bits per heavy atom. The summed E-state index contributed by atoms with van der Waals surface area (Å²) in [5, 5.41) is 3.55. The summed E-state index contributed by atoms with van der Waals surface area (Å²) in [6.07, 6.45) is 3.42. The van der Waals surface area contributed by atoms with Crippen LogP contribution in [-0.4, -0.2) is 23.9 Å². The Hall–Kier alpha value is -1.35. The summed E-state index contributed by atoms with van der Waals surface area (Å²) >= 11 is 0. The monoisotopic (exact) mass is 274 g/mol. The second kappa shape index (κ2) is 6.89. The van der Waals surface area contributed by atoms with Crippen LogP contribution in [0, 0.1) is 5.92 Å². The summed E-state index contributed by atoms with van der Waals surface area (Å²) in [5.74, 6) is 0.790. The van der Waals surface area contributed by atoms with E-state index in [9.17, 15) is 4.79 Å². The minimum Gasteiger partial charge on any atom is -0.319 e. The van der Waals surface area contributed by atoms with Crippen molar-refractivity contribution >= 4 is 5.91 Å². The minimum absolute atomic E-state index is 0.0593. The Labute approximate surface area is 122 Å². The molecule has 0 aromatic heterocycles. The zero-order chi connectivity index (χ0) is 14.5. The third kappa shape index (κ3) is 3.21. The molecule has 0 spiro atoms. The lowest BCUT2D eigenvalue weighted by Crippen LogP contribution is -2.38. The van der Waals surface area contributed by atoms with Crippen molar-refractivity contribution in [1.29, 1.82) is 0 Å². The quantitative estimate of drug-likeness (QED) is 0.771. The molecule has 1 heterocycles. The highest BCUT2D eigenvalue weighted by molar-refractivity contribution is 5.99. The van der Waals surface area contributed by atoms with Crippen molar-refractivity contribution < 1.29 is 4.79 Å². The van der Waals surface area contributed by atoms with Crippen LogP contribution in [0.1, 0.15) is 62.1 Å². The number of nitrogens with zero attached hydrogens (tertiary/aromatic N) is 1. The molecule has 0 bridgehead atoms. The van der Waals surface area contributed by atoms with E-state index in [1.165, 1.54) is 6.42 Å². The van der Waals surface area contributed by atoms with Crippen LogP contribution in [0.5, 0.6) is 0 Å². The smallest absolute Gasteiger partial charge is 0.255 e. The average molecular weight is 274 g/mol. The van der Waals surface area contributed by atoms with Gasteiger partial charge in [-0.25, -0.2) is 0 Å². The number of carbonyl (C=O) groups is 1. The summed E-state index contributed by atoms with van der Waals surface area (Å²) in [6, 6.07) is 7.99. The van der Waals surface area contributed by atoms with Crippen molar-refractivity contribution in [2.45, 2.75) is 46.2 Å².